The normalized spacial score (nSPS) is 46.1. The number of nitrogens with zero attached hydrogens (tertiary/aromatic N) is 1. The van der Waals surface area contributed by atoms with Gasteiger partial charge >= 0.3 is 0 Å². The molecule has 1 N–H and O–H groups in total. The van der Waals surface area contributed by atoms with Gasteiger partial charge in [0.25, 0.3) is 0 Å². The lowest BCUT2D eigenvalue weighted by Gasteiger charge is -2.46. The molecule has 3 heterocycles. The third-order valence-corrected chi connectivity index (χ3v) is 6.25. The van der Waals surface area contributed by atoms with Crippen molar-refractivity contribution in [3.8, 4) is 0 Å². The Hall–Kier alpha value is 0.270. The van der Waals surface area contributed by atoms with E-state index in [1.165, 1.54) is 58.2 Å². The smallest absolute Gasteiger partial charge is 0.0226 e. The summed E-state index contributed by atoms with van der Waals surface area (Å²) in [5, 5.41) is 4.93. The molecule has 4 rings (SSSR count). The van der Waals surface area contributed by atoms with Crippen molar-refractivity contribution >= 4 is 11.8 Å². The minimum atomic E-state index is 0.813. The molecule has 1 aliphatic carbocycles. The molecule has 1 unspecified atom stereocenters. The van der Waals surface area contributed by atoms with Crippen LogP contribution in [-0.2, 0) is 0 Å². The second-order valence-electron chi connectivity index (χ2n) is 6.12. The van der Waals surface area contributed by atoms with Crippen LogP contribution in [0.5, 0.6) is 0 Å². The summed E-state index contributed by atoms with van der Waals surface area (Å²) >= 11 is 2.07. The molecule has 4 aliphatic rings. The maximum Gasteiger partial charge on any atom is 0.0226 e. The number of nitrogens with one attached hydrogen (secondary N) is 1. The SMILES string of the molecule is CSC1CCC(NC2CN3CCC2CC3)CC1. The average molecular weight is 254 g/mol. The number of fused-ring (bicyclic) bond motifs is 3. The van der Waals surface area contributed by atoms with E-state index in [1.54, 1.807) is 0 Å². The molecule has 0 aromatic heterocycles. The van der Waals surface area contributed by atoms with Crippen LogP contribution in [0.25, 0.3) is 0 Å². The molecule has 1 saturated carbocycles. The zero-order valence-electron chi connectivity index (χ0n) is 11.0. The summed E-state index contributed by atoms with van der Waals surface area (Å²) < 4.78 is 0. The van der Waals surface area contributed by atoms with E-state index in [0.29, 0.717) is 0 Å². The fraction of sp³-hybridized carbons (Fsp3) is 1.00. The van der Waals surface area contributed by atoms with Crippen LogP contribution in [0.15, 0.2) is 0 Å². The van der Waals surface area contributed by atoms with Crippen molar-refractivity contribution in [3.05, 3.63) is 0 Å². The van der Waals surface area contributed by atoms with Gasteiger partial charge in [0.2, 0.25) is 0 Å². The highest BCUT2D eigenvalue weighted by molar-refractivity contribution is 7.99. The first kappa shape index (κ1) is 12.3. The van der Waals surface area contributed by atoms with Gasteiger partial charge in [-0.25, -0.2) is 0 Å². The van der Waals surface area contributed by atoms with Crippen LogP contribution < -0.4 is 5.32 Å². The van der Waals surface area contributed by atoms with Crippen LogP contribution in [0.3, 0.4) is 0 Å². The Kier molecular flexibility index (Phi) is 3.98. The lowest BCUT2D eigenvalue weighted by Crippen LogP contribution is -2.58. The Morgan fingerprint density at radius 3 is 2.24 bits per heavy atom. The summed E-state index contributed by atoms with van der Waals surface area (Å²) in [5.74, 6) is 0.985. The Morgan fingerprint density at radius 1 is 1.00 bits per heavy atom. The topological polar surface area (TPSA) is 15.3 Å². The van der Waals surface area contributed by atoms with Crippen molar-refractivity contribution < 1.29 is 0 Å². The maximum absolute atomic E-state index is 3.98. The predicted octanol–water partition coefficient (Wildman–Crippen LogP) is 2.34. The summed E-state index contributed by atoms with van der Waals surface area (Å²) in [6, 6.07) is 1.64. The summed E-state index contributed by atoms with van der Waals surface area (Å²) in [6.45, 7) is 4.05. The van der Waals surface area contributed by atoms with Crippen molar-refractivity contribution in [2.45, 2.75) is 55.9 Å². The van der Waals surface area contributed by atoms with Gasteiger partial charge in [-0.15, -0.1) is 0 Å². The molecule has 0 aromatic carbocycles. The van der Waals surface area contributed by atoms with E-state index in [-0.39, 0.29) is 0 Å². The fourth-order valence-corrected chi connectivity index (χ4v) is 4.67. The largest absolute Gasteiger partial charge is 0.310 e. The van der Waals surface area contributed by atoms with Crippen LogP contribution in [0.1, 0.15) is 38.5 Å². The van der Waals surface area contributed by atoms with E-state index < -0.39 is 0 Å². The first-order valence-electron chi connectivity index (χ1n) is 7.36. The van der Waals surface area contributed by atoms with Gasteiger partial charge in [-0.05, 0) is 63.8 Å². The standard InChI is InChI=1S/C14H26N2S/c1-17-13-4-2-12(3-5-13)15-14-10-16-8-6-11(14)7-9-16/h11-15H,2-10H2,1H3. The highest BCUT2D eigenvalue weighted by Gasteiger charge is 2.35. The zero-order chi connectivity index (χ0) is 11.7. The molecule has 98 valence electrons. The lowest BCUT2D eigenvalue weighted by atomic mass is 9.83. The van der Waals surface area contributed by atoms with Crippen LogP contribution in [0, 0.1) is 5.92 Å². The fourth-order valence-electron chi connectivity index (χ4n) is 3.92. The first-order chi connectivity index (χ1) is 8.35. The van der Waals surface area contributed by atoms with Gasteiger partial charge in [0, 0.05) is 23.9 Å². The number of hydrogen-bond acceptors (Lipinski definition) is 3. The Morgan fingerprint density at radius 2 is 1.71 bits per heavy atom. The molecule has 4 fully saturated rings. The molecule has 2 nitrogen and oxygen atoms in total. The van der Waals surface area contributed by atoms with E-state index in [9.17, 15) is 0 Å². The molecule has 3 heteroatoms. The van der Waals surface area contributed by atoms with Gasteiger partial charge < -0.3 is 10.2 Å². The van der Waals surface area contributed by atoms with E-state index in [0.717, 1.165) is 23.3 Å². The van der Waals surface area contributed by atoms with Crippen LogP contribution in [-0.4, -0.2) is 48.1 Å². The summed E-state index contributed by atoms with van der Waals surface area (Å²) in [5.41, 5.74) is 0. The third-order valence-electron chi connectivity index (χ3n) is 5.11. The Balaban J connectivity index is 1.48. The molecule has 17 heavy (non-hydrogen) atoms. The van der Waals surface area contributed by atoms with Crippen LogP contribution in [0.4, 0.5) is 0 Å². The highest BCUT2D eigenvalue weighted by Crippen LogP contribution is 2.31. The van der Waals surface area contributed by atoms with Gasteiger partial charge in [-0.3, -0.25) is 0 Å². The average Bonchev–Trinajstić information content (AvgIpc) is 2.41. The highest BCUT2D eigenvalue weighted by atomic mass is 32.2. The van der Waals surface area contributed by atoms with Crippen molar-refractivity contribution in [3.63, 3.8) is 0 Å². The second kappa shape index (κ2) is 5.50. The molecule has 0 radical (unpaired) electrons. The molecule has 3 saturated heterocycles. The zero-order valence-corrected chi connectivity index (χ0v) is 11.8. The van der Waals surface area contributed by atoms with Crippen molar-refractivity contribution in [1.29, 1.82) is 0 Å². The van der Waals surface area contributed by atoms with E-state index >= 15 is 0 Å². The number of thioether (sulfide) groups is 1. The van der Waals surface area contributed by atoms with Gasteiger partial charge in [0.05, 0.1) is 0 Å². The van der Waals surface area contributed by atoms with Gasteiger partial charge in [-0.2, -0.15) is 11.8 Å². The van der Waals surface area contributed by atoms with Gasteiger partial charge in [0.15, 0.2) is 0 Å². The van der Waals surface area contributed by atoms with Crippen molar-refractivity contribution in [1.82, 2.24) is 10.2 Å². The van der Waals surface area contributed by atoms with Crippen LogP contribution in [0.2, 0.25) is 0 Å². The Bertz CT molecular complexity index is 243. The number of rotatable bonds is 3. The molecule has 2 bridgehead atoms. The molecule has 3 aliphatic heterocycles. The molecular weight excluding hydrogens is 228 g/mol. The quantitative estimate of drug-likeness (QED) is 0.832. The minimum absolute atomic E-state index is 0.813. The van der Waals surface area contributed by atoms with Gasteiger partial charge in [0.1, 0.15) is 0 Å². The van der Waals surface area contributed by atoms with Crippen molar-refractivity contribution in [2.24, 2.45) is 5.92 Å². The van der Waals surface area contributed by atoms with E-state index in [2.05, 4.69) is 28.2 Å². The summed E-state index contributed by atoms with van der Waals surface area (Å²) in [7, 11) is 0. The van der Waals surface area contributed by atoms with Crippen LogP contribution >= 0.6 is 11.8 Å². The summed E-state index contributed by atoms with van der Waals surface area (Å²) in [6.07, 6.45) is 10.8. The molecular formula is C14H26N2S. The van der Waals surface area contributed by atoms with E-state index in [4.69, 9.17) is 0 Å². The molecule has 0 spiro atoms. The molecule has 1 atom stereocenters. The second-order valence-corrected chi connectivity index (χ2v) is 7.26. The first-order valence-corrected chi connectivity index (χ1v) is 8.65. The molecule has 0 aromatic rings. The molecule has 0 amide bonds. The van der Waals surface area contributed by atoms with Gasteiger partial charge in [-0.1, -0.05) is 0 Å². The predicted molar refractivity (Wildman–Crippen MR) is 75.6 cm³/mol. The minimum Gasteiger partial charge on any atom is -0.310 e. The van der Waals surface area contributed by atoms with Crippen molar-refractivity contribution in [2.75, 3.05) is 25.9 Å². The van der Waals surface area contributed by atoms with E-state index in [1.807, 2.05) is 0 Å². The summed E-state index contributed by atoms with van der Waals surface area (Å²) in [4.78, 5) is 2.66. The lowest BCUT2D eigenvalue weighted by molar-refractivity contribution is 0.0643. The number of piperidine rings is 3. The Labute approximate surface area is 110 Å². The maximum atomic E-state index is 3.98. The number of hydrogen-bond donors (Lipinski definition) is 1. The third kappa shape index (κ3) is 2.82. The monoisotopic (exact) mass is 254 g/mol.